The summed E-state index contributed by atoms with van der Waals surface area (Å²) in [5.74, 6) is 1.07. The number of fused-ring (bicyclic) bond motifs is 1. The first-order valence-electron chi connectivity index (χ1n) is 10.2. The Bertz CT molecular complexity index is 1500. The average molecular weight is 552 g/mol. The number of aromatic nitrogens is 7. The fourth-order valence-electron chi connectivity index (χ4n) is 4.03. The van der Waals surface area contributed by atoms with Crippen LogP contribution in [0.5, 0.6) is 11.8 Å². The number of rotatable bonds is 4. The minimum atomic E-state index is 0.311. The number of nitrogens with two attached hydrogens (primary N) is 1. The van der Waals surface area contributed by atoms with Gasteiger partial charge in [0.2, 0.25) is 0 Å². The van der Waals surface area contributed by atoms with E-state index in [0.717, 1.165) is 48.5 Å². The van der Waals surface area contributed by atoms with Gasteiger partial charge in [0.25, 0.3) is 0 Å². The first-order valence-corrected chi connectivity index (χ1v) is 11.3. The summed E-state index contributed by atoms with van der Waals surface area (Å²) >= 11 is 2.26. The normalized spacial score (nSPS) is 11.3. The van der Waals surface area contributed by atoms with Crippen LogP contribution < -0.4 is 10.5 Å². The van der Waals surface area contributed by atoms with Crippen LogP contribution in [0.15, 0.2) is 42.9 Å². The molecule has 166 valence electrons. The van der Waals surface area contributed by atoms with Crippen molar-refractivity contribution in [3.8, 4) is 34.3 Å². The van der Waals surface area contributed by atoms with Crippen molar-refractivity contribution in [2.75, 3.05) is 5.73 Å². The van der Waals surface area contributed by atoms with E-state index in [1.54, 1.807) is 6.20 Å². The second-order valence-corrected chi connectivity index (χ2v) is 8.76. The minimum Gasteiger partial charge on any atom is -0.424 e. The molecule has 33 heavy (non-hydrogen) atoms. The summed E-state index contributed by atoms with van der Waals surface area (Å²) in [6.45, 7) is 3.97. The van der Waals surface area contributed by atoms with Gasteiger partial charge in [-0.3, -0.25) is 4.68 Å². The number of benzene rings is 1. The fourth-order valence-corrected chi connectivity index (χ4v) is 4.61. The highest BCUT2D eigenvalue weighted by Crippen LogP contribution is 2.43. The van der Waals surface area contributed by atoms with E-state index in [1.807, 2.05) is 60.6 Å². The molecule has 0 unspecified atom stereocenters. The van der Waals surface area contributed by atoms with Crippen molar-refractivity contribution in [1.29, 1.82) is 0 Å². The molecule has 0 aliphatic rings. The monoisotopic (exact) mass is 552 g/mol. The van der Waals surface area contributed by atoms with Crippen molar-refractivity contribution in [3.05, 3.63) is 57.8 Å². The van der Waals surface area contributed by atoms with Gasteiger partial charge in [0, 0.05) is 37.1 Å². The lowest BCUT2D eigenvalue weighted by Crippen LogP contribution is -2.01. The third-order valence-electron chi connectivity index (χ3n) is 5.57. The zero-order chi connectivity index (χ0) is 23.3. The lowest BCUT2D eigenvalue weighted by Gasteiger charge is -2.11. The van der Waals surface area contributed by atoms with Crippen molar-refractivity contribution in [2.45, 2.75) is 13.8 Å². The quantitative estimate of drug-likeness (QED) is 0.329. The highest BCUT2D eigenvalue weighted by molar-refractivity contribution is 14.1. The first-order chi connectivity index (χ1) is 15.8. The van der Waals surface area contributed by atoms with Crippen LogP contribution in [-0.4, -0.2) is 34.3 Å². The van der Waals surface area contributed by atoms with Crippen LogP contribution in [0.1, 0.15) is 11.3 Å². The molecule has 0 amide bonds. The number of halogens is 1. The molecule has 0 spiro atoms. The zero-order valence-electron chi connectivity index (χ0n) is 18.5. The molecular weight excluding hydrogens is 531 g/mol. The molecule has 5 aromatic rings. The van der Waals surface area contributed by atoms with E-state index in [-0.39, 0.29) is 0 Å². The van der Waals surface area contributed by atoms with Gasteiger partial charge in [0.15, 0.2) is 0 Å². The maximum absolute atomic E-state index is 6.35. The molecule has 4 heterocycles. The Morgan fingerprint density at radius 3 is 2.39 bits per heavy atom. The Morgan fingerprint density at radius 1 is 0.970 bits per heavy atom. The molecule has 0 saturated carbocycles. The summed E-state index contributed by atoms with van der Waals surface area (Å²) in [6.07, 6.45) is 3.17. The smallest absolute Gasteiger partial charge is 0.322 e. The molecule has 0 aliphatic carbocycles. The highest BCUT2D eigenvalue weighted by atomic mass is 127. The third-order valence-corrected chi connectivity index (χ3v) is 6.60. The second-order valence-electron chi connectivity index (χ2n) is 7.74. The number of aryl methyl sites for hydroxylation is 3. The Kier molecular flexibility index (Phi) is 5.23. The van der Waals surface area contributed by atoms with E-state index in [0.29, 0.717) is 17.6 Å². The summed E-state index contributed by atoms with van der Waals surface area (Å²) in [5.41, 5.74) is 12.9. The predicted octanol–water partition coefficient (Wildman–Crippen LogP) is 4.42. The SMILES string of the molecule is Cc1ccnc(Oc2ccc(-c3c(-c4c(C)c(I)nn4C)n(C)c4ncnc(N)c34)cc2)n1. The van der Waals surface area contributed by atoms with Gasteiger partial charge in [-0.15, -0.1) is 0 Å². The van der Waals surface area contributed by atoms with E-state index >= 15 is 0 Å². The highest BCUT2D eigenvalue weighted by Gasteiger charge is 2.26. The molecule has 10 heteroatoms. The first kappa shape index (κ1) is 21.3. The molecule has 0 radical (unpaired) electrons. The molecular formula is C23H21IN8O. The van der Waals surface area contributed by atoms with Gasteiger partial charge in [-0.25, -0.2) is 19.9 Å². The average Bonchev–Trinajstić information content (AvgIpc) is 3.21. The van der Waals surface area contributed by atoms with Gasteiger partial charge in [-0.1, -0.05) is 12.1 Å². The van der Waals surface area contributed by atoms with E-state index in [2.05, 4.69) is 54.5 Å². The summed E-state index contributed by atoms with van der Waals surface area (Å²) < 4.78 is 10.7. The van der Waals surface area contributed by atoms with Gasteiger partial charge in [0.1, 0.15) is 27.2 Å². The van der Waals surface area contributed by atoms with Crippen LogP contribution in [0.3, 0.4) is 0 Å². The molecule has 4 aromatic heterocycles. The molecule has 0 fully saturated rings. The lowest BCUT2D eigenvalue weighted by atomic mass is 10.00. The van der Waals surface area contributed by atoms with E-state index in [1.165, 1.54) is 6.33 Å². The van der Waals surface area contributed by atoms with Gasteiger partial charge in [-0.2, -0.15) is 5.10 Å². The number of nitrogens with zero attached hydrogens (tertiary/aromatic N) is 7. The second kappa shape index (κ2) is 8.10. The van der Waals surface area contributed by atoms with E-state index in [4.69, 9.17) is 10.5 Å². The van der Waals surface area contributed by atoms with Gasteiger partial charge >= 0.3 is 6.01 Å². The van der Waals surface area contributed by atoms with Crippen LogP contribution >= 0.6 is 22.6 Å². The van der Waals surface area contributed by atoms with Crippen molar-refractivity contribution in [3.63, 3.8) is 0 Å². The Balaban J connectivity index is 1.69. The number of hydrogen-bond donors (Lipinski definition) is 1. The van der Waals surface area contributed by atoms with Gasteiger partial charge < -0.3 is 15.0 Å². The molecule has 2 N–H and O–H groups in total. The zero-order valence-corrected chi connectivity index (χ0v) is 20.7. The Hall–Kier alpha value is -3.54. The van der Waals surface area contributed by atoms with Crippen LogP contribution in [-0.2, 0) is 14.1 Å². The molecule has 0 aliphatic heterocycles. The van der Waals surface area contributed by atoms with Gasteiger partial charge in [-0.05, 0) is 60.2 Å². The third kappa shape index (κ3) is 3.59. The molecule has 9 nitrogen and oxygen atoms in total. The maximum Gasteiger partial charge on any atom is 0.322 e. The van der Waals surface area contributed by atoms with Gasteiger partial charge in [0.05, 0.1) is 16.8 Å². The number of ether oxygens (including phenoxy) is 1. The summed E-state index contributed by atoms with van der Waals surface area (Å²) in [6, 6.07) is 9.91. The summed E-state index contributed by atoms with van der Waals surface area (Å²) in [7, 11) is 3.93. The molecule has 0 atom stereocenters. The molecule has 5 rings (SSSR count). The van der Waals surface area contributed by atoms with Crippen LogP contribution in [0.25, 0.3) is 33.5 Å². The van der Waals surface area contributed by atoms with Crippen LogP contribution in [0, 0.1) is 17.5 Å². The largest absolute Gasteiger partial charge is 0.424 e. The molecule has 0 bridgehead atoms. The lowest BCUT2D eigenvalue weighted by molar-refractivity contribution is 0.440. The number of hydrogen-bond acceptors (Lipinski definition) is 7. The van der Waals surface area contributed by atoms with Crippen molar-refractivity contribution in [2.24, 2.45) is 14.1 Å². The van der Waals surface area contributed by atoms with Crippen molar-refractivity contribution < 1.29 is 4.74 Å². The van der Waals surface area contributed by atoms with Crippen LogP contribution in [0.4, 0.5) is 5.82 Å². The van der Waals surface area contributed by atoms with Crippen LogP contribution in [0.2, 0.25) is 0 Å². The number of anilines is 1. The maximum atomic E-state index is 6.35. The molecule has 1 aromatic carbocycles. The fraction of sp³-hybridized carbons (Fsp3) is 0.174. The summed E-state index contributed by atoms with van der Waals surface area (Å²) in [4.78, 5) is 17.2. The minimum absolute atomic E-state index is 0.311. The Morgan fingerprint density at radius 2 is 1.73 bits per heavy atom. The topological polar surface area (TPSA) is 110 Å². The molecule has 0 saturated heterocycles. The van der Waals surface area contributed by atoms with Crippen molar-refractivity contribution >= 4 is 39.4 Å². The van der Waals surface area contributed by atoms with E-state index in [9.17, 15) is 0 Å². The Labute approximate surface area is 203 Å². The van der Waals surface area contributed by atoms with E-state index < -0.39 is 0 Å². The number of nitrogen functional groups attached to an aromatic ring is 1. The summed E-state index contributed by atoms with van der Waals surface area (Å²) in [5, 5.41) is 5.42. The predicted molar refractivity (Wildman–Crippen MR) is 135 cm³/mol. The van der Waals surface area contributed by atoms with Crippen molar-refractivity contribution in [1.82, 2.24) is 34.3 Å². The standard InChI is InChI=1S/C23H21IN8O/c1-12-9-10-26-23(29-12)33-15-7-5-14(6-8-15)16-17-21(25)27-11-28-22(17)31(3)19(16)18-13(2)20(24)30-32(18)4/h5-11H,1-4H3,(H2,25,27,28).